The number of carbonyl (C=O) groups is 2. The molecule has 2 aliphatic rings. The molecule has 30 heavy (non-hydrogen) atoms. The van der Waals surface area contributed by atoms with E-state index < -0.39 is 0 Å². The molecule has 154 valence electrons. The van der Waals surface area contributed by atoms with Gasteiger partial charge in [0.2, 0.25) is 5.91 Å². The zero-order valence-electron chi connectivity index (χ0n) is 16.9. The highest BCUT2D eigenvalue weighted by atomic mass is 19.1. The first-order valence-corrected chi connectivity index (χ1v) is 10.5. The van der Waals surface area contributed by atoms with Gasteiger partial charge in [-0.05, 0) is 67.5 Å². The van der Waals surface area contributed by atoms with Crippen molar-refractivity contribution < 1.29 is 14.0 Å². The molecule has 2 atom stereocenters. The third kappa shape index (κ3) is 3.26. The van der Waals surface area contributed by atoms with Gasteiger partial charge in [0.25, 0.3) is 5.91 Å². The van der Waals surface area contributed by atoms with Crippen LogP contribution in [0.15, 0.2) is 42.5 Å². The number of carbonyl (C=O) groups excluding carboxylic acids is 2. The Balaban J connectivity index is 1.34. The smallest absolute Gasteiger partial charge is 0.272 e. The number of aromatic amines is 1. The number of fused-ring (bicyclic) bond motifs is 2. The fourth-order valence-corrected chi connectivity index (χ4v) is 4.91. The molecule has 3 heterocycles. The lowest BCUT2D eigenvalue weighted by molar-refractivity contribution is -0.129. The number of anilines is 1. The first-order chi connectivity index (χ1) is 14.5. The molecule has 0 bridgehead atoms. The molecule has 2 fully saturated rings. The molecule has 1 aromatic heterocycles. The number of H-pyrrole nitrogens is 1. The van der Waals surface area contributed by atoms with E-state index in [1.165, 1.54) is 11.6 Å². The summed E-state index contributed by atoms with van der Waals surface area (Å²) in [5, 5.41) is 3.36. The van der Waals surface area contributed by atoms with Crippen LogP contribution in [0.25, 0.3) is 10.9 Å². The second-order valence-corrected chi connectivity index (χ2v) is 8.42. The van der Waals surface area contributed by atoms with Crippen molar-refractivity contribution in [3.8, 4) is 0 Å². The van der Waals surface area contributed by atoms with E-state index in [-0.39, 0.29) is 17.6 Å². The average Bonchev–Trinajstić information content (AvgIpc) is 3.36. The highest BCUT2D eigenvalue weighted by Gasteiger charge is 2.36. The van der Waals surface area contributed by atoms with Gasteiger partial charge in [0.05, 0.1) is 5.52 Å². The lowest BCUT2D eigenvalue weighted by Crippen LogP contribution is -2.39. The third-order valence-corrected chi connectivity index (χ3v) is 6.54. The van der Waals surface area contributed by atoms with E-state index in [0.717, 1.165) is 37.1 Å². The zero-order valence-corrected chi connectivity index (χ0v) is 16.9. The van der Waals surface area contributed by atoms with E-state index in [1.54, 1.807) is 12.1 Å². The fraction of sp³-hybridized carbons (Fsp3) is 0.333. The maximum atomic E-state index is 14.1. The SMILES string of the molecule is Cc1ccc(F)c2cc(C(=O)Nc3cccc([C@H]4CCN5C(=O)CC[C@H]5C4)c3)[nH]c12. The number of aryl methyl sites for hydroxylation is 1. The van der Waals surface area contributed by atoms with Crippen molar-refractivity contribution >= 4 is 28.4 Å². The summed E-state index contributed by atoms with van der Waals surface area (Å²) in [4.78, 5) is 29.8. The predicted molar refractivity (Wildman–Crippen MR) is 114 cm³/mol. The van der Waals surface area contributed by atoms with Crippen molar-refractivity contribution in [3.05, 3.63) is 65.1 Å². The number of nitrogens with zero attached hydrogens (tertiary/aromatic N) is 1. The Morgan fingerprint density at radius 1 is 1.20 bits per heavy atom. The average molecular weight is 405 g/mol. The van der Waals surface area contributed by atoms with Crippen molar-refractivity contribution in [1.82, 2.24) is 9.88 Å². The van der Waals surface area contributed by atoms with Gasteiger partial charge >= 0.3 is 0 Å². The molecule has 2 amide bonds. The van der Waals surface area contributed by atoms with E-state index in [0.29, 0.717) is 35.0 Å². The number of hydrogen-bond donors (Lipinski definition) is 2. The highest BCUT2D eigenvalue weighted by Crippen LogP contribution is 2.37. The van der Waals surface area contributed by atoms with Crippen LogP contribution in [-0.4, -0.2) is 34.3 Å². The van der Waals surface area contributed by atoms with Gasteiger partial charge in [-0.3, -0.25) is 9.59 Å². The van der Waals surface area contributed by atoms with Gasteiger partial charge in [0.1, 0.15) is 11.5 Å². The summed E-state index contributed by atoms with van der Waals surface area (Å²) >= 11 is 0. The molecule has 2 saturated heterocycles. The van der Waals surface area contributed by atoms with E-state index >= 15 is 0 Å². The minimum Gasteiger partial charge on any atom is -0.350 e. The number of benzene rings is 2. The minimum absolute atomic E-state index is 0.282. The summed E-state index contributed by atoms with van der Waals surface area (Å²) in [6.07, 6.45) is 3.53. The number of nitrogens with one attached hydrogen (secondary N) is 2. The predicted octanol–water partition coefficient (Wildman–Crippen LogP) is 4.74. The topological polar surface area (TPSA) is 65.2 Å². The van der Waals surface area contributed by atoms with E-state index in [1.807, 2.05) is 30.0 Å². The van der Waals surface area contributed by atoms with Crippen LogP contribution in [0.4, 0.5) is 10.1 Å². The molecule has 0 aliphatic carbocycles. The van der Waals surface area contributed by atoms with E-state index in [9.17, 15) is 14.0 Å². The van der Waals surface area contributed by atoms with E-state index in [4.69, 9.17) is 0 Å². The number of aromatic nitrogens is 1. The largest absolute Gasteiger partial charge is 0.350 e. The van der Waals surface area contributed by atoms with Crippen LogP contribution in [0.2, 0.25) is 0 Å². The molecule has 6 heteroatoms. The van der Waals surface area contributed by atoms with Crippen molar-refractivity contribution in [2.45, 2.75) is 44.6 Å². The zero-order chi connectivity index (χ0) is 20.8. The van der Waals surface area contributed by atoms with E-state index in [2.05, 4.69) is 16.4 Å². The molecule has 0 saturated carbocycles. The summed E-state index contributed by atoms with van der Waals surface area (Å²) in [6, 6.07) is 12.9. The van der Waals surface area contributed by atoms with Crippen molar-refractivity contribution in [3.63, 3.8) is 0 Å². The first kappa shape index (κ1) is 18.9. The van der Waals surface area contributed by atoms with Crippen LogP contribution in [0.5, 0.6) is 0 Å². The molecule has 2 aliphatic heterocycles. The summed E-state index contributed by atoms with van der Waals surface area (Å²) in [5.41, 5.74) is 3.78. The van der Waals surface area contributed by atoms with Crippen LogP contribution in [0, 0.1) is 12.7 Å². The Morgan fingerprint density at radius 3 is 2.90 bits per heavy atom. The van der Waals surface area contributed by atoms with Crippen LogP contribution >= 0.6 is 0 Å². The highest BCUT2D eigenvalue weighted by molar-refractivity contribution is 6.06. The Hall–Kier alpha value is -3.15. The molecule has 5 rings (SSSR count). The second-order valence-electron chi connectivity index (χ2n) is 8.42. The van der Waals surface area contributed by atoms with Crippen LogP contribution in [0.1, 0.15) is 53.2 Å². The molecule has 0 radical (unpaired) electrons. The molecular formula is C24H24FN3O2. The van der Waals surface area contributed by atoms with Crippen molar-refractivity contribution in [2.24, 2.45) is 0 Å². The Morgan fingerprint density at radius 2 is 2.07 bits per heavy atom. The van der Waals surface area contributed by atoms with Crippen LogP contribution < -0.4 is 5.32 Å². The normalized spacial score (nSPS) is 21.1. The standard InChI is InChI=1S/C24H24FN3O2/c1-14-5-7-20(25)19-13-21(27-23(14)19)24(30)26-17-4-2-3-15(11-17)16-9-10-28-18(12-16)6-8-22(28)29/h2-5,7,11,13,16,18,27H,6,8-10,12H2,1H3,(H,26,30)/t16-,18-/m0/s1. The molecule has 2 aromatic carbocycles. The molecule has 2 N–H and O–H groups in total. The molecule has 3 aromatic rings. The Labute approximate surface area is 174 Å². The van der Waals surface area contributed by atoms with Crippen LogP contribution in [-0.2, 0) is 4.79 Å². The number of rotatable bonds is 3. The molecule has 0 spiro atoms. The Kier molecular flexibility index (Phi) is 4.57. The number of piperidine rings is 1. The summed E-state index contributed by atoms with van der Waals surface area (Å²) in [6.45, 7) is 2.69. The van der Waals surface area contributed by atoms with Crippen LogP contribution in [0.3, 0.4) is 0 Å². The monoisotopic (exact) mass is 405 g/mol. The van der Waals surface area contributed by atoms with Gasteiger partial charge in [0, 0.05) is 30.1 Å². The van der Waals surface area contributed by atoms with Gasteiger partial charge in [-0.1, -0.05) is 18.2 Å². The number of amides is 2. The lowest BCUT2D eigenvalue weighted by atomic mass is 9.85. The Bertz CT molecular complexity index is 1110. The summed E-state index contributed by atoms with van der Waals surface area (Å²) in [5.74, 6) is 0.0336. The van der Waals surface area contributed by atoms with Crippen molar-refractivity contribution in [2.75, 3.05) is 11.9 Å². The van der Waals surface area contributed by atoms with Gasteiger partial charge in [-0.2, -0.15) is 0 Å². The fourth-order valence-electron chi connectivity index (χ4n) is 4.91. The third-order valence-electron chi connectivity index (χ3n) is 6.54. The van der Waals surface area contributed by atoms with Gasteiger partial charge < -0.3 is 15.2 Å². The summed E-state index contributed by atoms with van der Waals surface area (Å²) < 4.78 is 14.1. The van der Waals surface area contributed by atoms with Gasteiger partial charge in [-0.15, -0.1) is 0 Å². The van der Waals surface area contributed by atoms with Gasteiger partial charge in [0.15, 0.2) is 0 Å². The second kappa shape index (κ2) is 7.27. The van der Waals surface area contributed by atoms with Gasteiger partial charge in [-0.25, -0.2) is 4.39 Å². The minimum atomic E-state index is -0.343. The number of hydrogen-bond acceptors (Lipinski definition) is 2. The first-order valence-electron chi connectivity index (χ1n) is 10.5. The molecular weight excluding hydrogens is 381 g/mol. The quantitative estimate of drug-likeness (QED) is 0.661. The summed E-state index contributed by atoms with van der Waals surface area (Å²) in [7, 11) is 0. The number of halogens is 1. The molecule has 0 unspecified atom stereocenters. The molecule has 5 nitrogen and oxygen atoms in total. The van der Waals surface area contributed by atoms with Crippen molar-refractivity contribution in [1.29, 1.82) is 0 Å². The lowest BCUT2D eigenvalue weighted by Gasteiger charge is -2.35. The maximum Gasteiger partial charge on any atom is 0.272 e. The maximum absolute atomic E-state index is 14.1.